The van der Waals surface area contributed by atoms with Gasteiger partial charge in [-0.3, -0.25) is 9.59 Å². The molecule has 0 spiro atoms. The van der Waals surface area contributed by atoms with Gasteiger partial charge >= 0.3 is 0 Å². The van der Waals surface area contributed by atoms with E-state index in [1.165, 1.54) is 0 Å². The molecule has 6 heteroatoms. The highest BCUT2D eigenvalue weighted by Gasteiger charge is 2.20. The molecule has 3 N–H and O–H groups in total. The van der Waals surface area contributed by atoms with E-state index < -0.39 is 0 Å². The number of likely N-dealkylation sites (N-methyl/N-ethyl adjacent to an activating group) is 1. The number of halogens is 1. The Labute approximate surface area is 102 Å². The molecule has 0 aromatic rings. The van der Waals surface area contributed by atoms with Gasteiger partial charge in [0.05, 0.1) is 12.5 Å². The summed E-state index contributed by atoms with van der Waals surface area (Å²) in [7, 11) is 0. The fraction of sp³-hybridized carbons (Fsp3) is 0.800. The Morgan fingerprint density at radius 2 is 2.12 bits per heavy atom. The van der Waals surface area contributed by atoms with Gasteiger partial charge in [-0.25, -0.2) is 0 Å². The largest absolute Gasteiger partial charge is 0.355 e. The molecule has 1 heterocycles. The molecular weight excluding hydrogens is 230 g/mol. The fourth-order valence-electron chi connectivity index (χ4n) is 1.65. The van der Waals surface area contributed by atoms with E-state index in [0.717, 1.165) is 25.9 Å². The SMILES string of the molecule is CCNC(=O)CNC(=O)C1CCCNC1.Cl. The van der Waals surface area contributed by atoms with Crippen LogP contribution in [0.3, 0.4) is 0 Å². The standard InChI is InChI=1S/C10H19N3O2.ClH/c1-2-12-9(14)7-13-10(15)8-4-3-5-11-6-8;/h8,11H,2-7H2,1H3,(H,12,14)(H,13,15);1H. The van der Waals surface area contributed by atoms with Crippen LogP contribution in [0.5, 0.6) is 0 Å². The highest BCUT2D eigenvalue weighted by atomic mass is 35.5. The number of nitrogens with one attached hydrogen (secondary N) is 3. The van der Waals surface area contributed by atoms with E-state index in [-0.39, 0.29) is 36.7 Å². The van der Waals surface area contributed by atoms with Gasteiger partial charge in [-0.2, -0.15) is 0 Å². The summed E-state index contributed by atoms with van der Waals surface area (Å²) in [5, 5.41) is 8.45. The summed E-state index contributed by atoms with van der Waals surface area (Å²) >= 11 is 0. The van der Waals surface area contributed by atoms with E-state index in [1.807, 2.05) is 6.92 Å². The molecule has 1 fully saturated rings. The summed E-state index contributed by atoms with van der Waals surface area (Å²) in [4.78, 5) is 22.7. The summed E-state index contributed by atoms with van der Waals surface area (Å²) in [5.41, 5.74) is 0. The number of rotatable bonds is 4. The van der Waals surface area contributed by atoms with Gasteiger partial charge in [-0.1, -0.05) is 0 Å². The van der Waals surface area contributed by atoms with Crippen LogP contribution in [0, 0.1) is 5.92 Å². The van der Waals surface area contributed by atoms with Crippen LogP contribution in [0.25, 0.3) is 0 Å². The molecule has 0 radical (unpaired) electrons. The van der Waals surface area contributed by atoms with Crippen molar-refractivity contribution in [2.24, 2.45) is 5.92 Å². The number of piperidine rings is 1. The summed E-state index contributed by atoms with van der Waals surface area (Å²) in [6.07, 6.45) is 1.94. The molecule has 1 saturated heterocycles. The molecule has 0 saturated carbocycles. The topological polar surface area (TPSA) is 70.2 Å². The molecule has 0 bridgehead atoms. The Hall–Kier alpha value is -0.810. The van der Waals surface area contributed by atoms with Crippen LogP contribution >= 0.6 is 12.4 Å². The van der Waals surface area contributed by atoms with Crippen LogP contribution in [0.15, 0.2) is 0 Å². The maximum absolute atomic E-state index is 11.6. The lowest BCUT2D eigenvalue weighted by atomic mass is 9.99. The van der Waals surface area contributed by atoms with Crippen LogP contribution in [0.1, 0.15) is 19.8 Å². The normalized spacial score (nSPS) is 19.4. The smallest absolute Gasteiger partial charge is 0.239 e. The first-order valence-corrected chi connectivity index (χ1v) is 5.49. The zero-order valence-electron chi connectivity index (χ0n) is 9.54. The molecular formula is C10H20ClN3O2. The van der Waals surface area contributed by atoms with Gasteiger partial charge < -0.3 is 16.0 Å². The van der Waals surface area contributed by atoms with Crippen molar-refractivity contribution in [1.29, 1.82) is 0 Å². The minimum absolute atomic E-state index is 0. The maximum Gasteiger partial charge on any atom is 0.239 e. The monoisotopic (exact) mass is 249 g/mol. The number of hydrogen-bond donors (Lipinski definition) is 3. The van der Waals surface area contributed by atoms with E-state index >= 15 is 0 Å². The van der Waals surface area contributed by atoms with E-state index in [2.05, 4.69) is 16.0 Å². The second kappa shape index (κ2) is 8.35. The Bertz CT molecular complexity index is 230. The van der Waals surface area contributed by atoms with Gasteiger partial charge in [0.25, 0.3) is 0 Å². The number of amides is 2. The minimum atomic E-state index is -0.130. The Balaban J connectivity index is 0.00000225. The van der Waals surface area contributed by atoms with Crippen LogP contribution in [-0.4, -0.2) is 38.0 Å². The summed E-state index contributed by atoms with van der Waals surface area (Å²) in [6.45, 7) is 4.25. The average molecular weight is 250 g/mol. The Morgan fingerprint density at radius 3 is 2.69 bits per heavy atom. The van der Waals surface area contributed by atoms with Crippen LogP contribution in [-0.2, 0) is 9.59 Å². The summed E-state index contributed by atoms with van der Waals surface area (Å²) in [5.74, 6) is -0.128. The Kier molecular flexibility index (Phi) is 7.93. The minimum Gasteiger partial charge on any atom is -0.355 e. The number of hydrogen-bond acceptors (Lipinski definition) is 3. The number of carbonyl (C=O) groups is 2. The molecule has 1 aliphatic heterocycles. The third-order valence-electron chi connectivity index (χ3n) is 2.46. The lowest BCUT2D eigenvalue weighted by Gasteiger charge is -2.21. The van der Waals surface area contributed by atoms with Crippen LogP contribution in [0.4, 0.5) is 0 Å². The molecule has 5 nitrogen and oxygen atoms in total. The van der Waals surface area contributed by atoms with E-state index in [0.29, 0.717) is 6.54 Å². The van der Waals surface area contributed by atoms with E-state index in [1.54, 1.807) is 0 Å². The van der Waals surface area contributed by atoms with Crippen molar-refractivity contribution in [2.75, 3.05) is 26.2 Å². The van der Waals surface area contributed by atoms with Crippen molar-refractivity contribution < 1.29 is 9.59 Å². The Morgan fingerprint density at radius 1 is 1.38 bits per heavy atom. The van der Waals surface area contributed by atoms with Gasteiger partial charge in [0, 0.05) is 13.1 Å². The second-order valence-corrected chi connectivity index (χ2v) is 3.71. The first kappa shape index (κ1) is 15.2. The van der Waals surface area contributed by atoms with E-state index in [4.69, 9.17) is 0 Å². The maximum atomic E-state index is 11.6. The van der Waals surface area contributed by atoms with Crippen LogP contribution < -0.4 is 16.0 Å². The third kappa shape index (κ3) is 5.32. The van der Waals surface area contributed by atoms with E-state index in [9.17, 15) is 9.59 Å². The predicted octanol–water partition coefficient (Wildman–Crippen LogP) is -0.340. The van der Waals surface area contributed by atoms with Crippen molar-refractivity contribution in [3.8, 4) is 0 Å². The van der Waals surface area contributed by atoms with Gasteiger partial charge in [0.1, 0.15) is 0 Å². The van der Waals surface area contributed by atoms with Crippen LogP contribution in [0.2, 0.25) is 0 Å². The lowest BCUT2D eigenvalue weighted by molar-refractivity contribution is -0.128. The molecule has 0 aromatic heterocycles. The van der Waals surface area contributed by atoms with Crippen molar-refractivity contribution in [2.45, 2.75) is 19.8 Å². The van der Waals surface area contributed by atoms with Gasteiger partial charge in [-0.15, -0.1) is 12.4 Å². The molecule has 0 aliphatic carbocycles. The van der Waals surface area contributed by atoms with Gasteiger partial charge in [-0.05, 0) is 26.3 Å². The van der Waals surface area contributed by atoms with Gasteiger partial charge in [0.15, 0.2) is 0 Å². The van der Waals surface area contributed by atoms with Gasteiger partial charge in [0.2, 0.25) is 11.8 Å². The van der Waals surface area contributed by atoms with Crippen molar-refractivity contribution in [3.63, 3.8) is 0 Å². The zero-order valence-corrected chi connectivity index (χ0v) is 10.4. The molecule has 2 amide bonds. The zero-order chi connectivity index (χ0) is 11.1. The van der Waals surface area contributed by atoms with Crippen molar-refractivity contribution in [3.05, 3.63) is 0 Å². The highest BCUT2D eigenvalue weighted by molar-refractivity contribution is 5.86. The summed E-state index contributed by atoms with van der Waals surface area (Å²) in [6, 6.07) is 0. The second-order valence-electron chi connectivity index (χ2n) is 3.71. The molecule has 16 heavy (non-hydrogen) atoms. The quantitative estimate of drug-likeness (QED) is 0.639. The van der Waals surface area contributed by atoms with Crippen molar-refractivity contribution in [1.82, 2.24) is 16.0 Å². The lowest BCUT2D eigenvalue weighted by Crippen LogP contribution is -2.44. The molecule has 0 aromatic carbocycles. The average Bonchev–Trinajstić information content (AvgIpc) is 2.27. The first-order valence-electron chi connectivity index (χ1n) is 5.49. The number of carbonyl (C=O) groups excluding carboxylic acids is 2. The highest BCUT2D eigenvalue weighted by Crippen LogP contribution is 2.09. The molecule has 94 valence electrons. The molecule has 1 rings (SSSR count). The first-order chi connectivity index (χ1) is 7.24. The predicted molar refractivity (Wildman–Crippen MR) is 64.5 cm³/mol. The molecule has 1 aliphatic rings. The molecule has 1 unspecified atom stereocenters. The fourth-order valence-corrected chi connectivity index (χ4v) is 1.65. The molecule has 1 atom stereocenters. The third-order valence-corrected chi connectivity index (χ3v) is 2.46. The summed E-state index contributed by atoms with van der Waals surface area (Å²) < 4.78 is 0. The van der Waals surface area contributed by atoms with Crippen molar-refractivity contribution >= 4 is 24.2 Å².